The summed E-state index contributed by atoms with van der Waals surface area (Å²) in [6.45, 7) is 0. The molecule has 2 nitrogen and oxygen atoms in total. The largest absolute Gasteiger partial charge is 0.322 e. The van der Waals surface area contributed by atoms with E-state index in [1.165, 1.54) is 38.5 Å². The Kier molecular flexibility index (Phi) is 4.19. The van der Waals surface area contributed by atoms with Crippen molar-refractivity contribution in [2.75, 3.05) is 0 Å². The second-order valence-corrected chi connectivity index (χ2v) is 5.06. The molecule has 0 saturated heterocycles. The zero-order valence-corrected chi connectivity index (χ0v) is 10.3. The van der Waals surface area contributed by atoms with Crippen molar-refractivity contribution in [1.82, 2.24) is 4.98 Å². The van der Waals surface area contributed by atoms with E-state index < -0.39 is 0 Å². The Morgan fingerprint density at radius 3 is 2.56 bits per heavy atom. The van der Waals surface area contributed by atoms with Crippen LogP contribution in [0.1, 0.15) is 50.3 Å². The third kappa shape index (κ3) is 2.74. The summed E-state index contributed by atoms with van der Waals surface area (Å²) in [6.07, 6.45) is 9.49. The highest BCUT2D eigenvalue weighted by Gasteiger charge is 2.23. The van der Waals surface area contributed by atoms with Crippen LogP contribution in [0.15, 0.2) is 18.3 Å². The molecule has 16 heavy (non-hydrogen) atoms. The molecule has 1 atom stereocenters. The van der Waals surface area contributed by atoms with Gasteiger partial charge in [0.2, 0.25) is 0 Å². The van der Waals surface area contributed by atoms with Crippen LogP contribution in [-0.4, -0.2) is 4.98 Å². The van der Waals surface area contributed by atoms with E-state index in [9.17, 15) is 0 Å². The van der Waals surface area contributed by atoms with E-state index in [-0.39, 0.29) is 6.04 Å². The van der Waals surface area contributed by atoms with E-state index in [0.717, 1.165) is 5.69 Å². The van der Waals surface area contributed by atoms with E-state index in [2.05, 4.69) is 4.98 Å². The standard InChI is InChI=1S/C13H19ClN2/c14-11-8-5-9-16-13(11)12(15)10-6-3-1-2-4-7-10/h5,8-10,12H,1-4,6-7,15H2. The van der Waals surface area contributed by atoms with Crippen molar-refractivity contribution in [3.05, 3.63) is 29.0 Å². The molecule has 0 radical (unpaired) electrons. The number of halogens is 1. The van der Waals surface area contributed by atoms with Gasteiger partial charge in [0.15, 0.2) is 0 Å². The third-order valence-electron chi connectivity index (χ3n) is 3.51. The van der Waals surface area contributed by atoms with Gasteiger partial charge >= 0.3 is 0 Å². The zero-order valence-electron chi connectivity index (χ0n) is 9.53. The highest BCUT2D eigenvalue weighted by molar-refractivity contribution is 6.31. The van der Waals surface area contributed by atoms with Gasteiger partial charge in [0.1, 0.15) is 0 Å². The number of nitrogens with two attached hydrogens (primary N) is 1. The molecule has 0 bridgehead atoms. The van der Waals surface area contributed by atoms with Crippen LogP contribution in [0.25, 0.3) is 0 Å². The molecule has 1 aromatic heterocycles. The number of nitrogens with zero attached hydrogens (tertiary/aromatic N) is 1. The molecule has 2 N–H and O–H groups in total. The number of hydrogen-bond donors (Lipinski definition) is 1. The molecule has 88 valence electrons. The van der Waals surface area contributed by atoms with Gasteiger partial charge in [0.05, 0.1) is 16.8 Å². The fourth-order valence-electron chi connectivity index (χ4n) is 2.54. The number of pyridine rings is 1. The first-order chi connectivity index (χ1) is 7.79. The van der Waals surface area contributed by atoms with E-state index >= 15 is 0 Å². The summed E-state index contributed by atoms with van der Waals surface area (Å²) in [4.78, 5) is 4.33. The summed E-state index contributed by atoms with van der Waals surface area (Å²) < 4.78 is 0. The Labute approximate surface area is 102 Å². The number of hydrogen-bond acceptors (Lipinski definition) is 2. The van der Waals surface area contributed by atoms with Gasteiger partial charge in [0.25, 0.3) is 0 Å². The van der Waals surface area contributed by atoms with Crippen LogP contribution in [0, 0.1) is 5.92 Å². The molecule has 1 saturated carbocycles. The van der Waals surface area contributed by atoms with Crippen LogP contribution < -0.4 is 5.73 Å². The highest BCUT2D eigenvalue weighted by atomic mass is 35.5. The minimum atomic E-state index is 0.00630. The van der Waals surface area contributed by atoms with Gasteiger partial charge < -0.3 is 5.73 Å². The molecule has 0 spiro atoms. The first-order valence-electron chi connectivity index (χ1n) is 6.15. The predicted octanol–water partition coefficient (Wildman–Crippen LogP) is 3.71. The molecular weight excluding hydrogens is 220 g/mol. The molecule has 1 unspecified atom stereocenters. The average molecular weight is 239 g/mol. The maximum Gasteiger partial charge on any atom is 0.0759 e. The lowest BCUT2D eigenvalue weighted by Gasteiger charge is -2.22. The van der Waals surface area contributed by atoms with Gasteiger partial charge in [-0.2, -0.15) is 0 Å². The van der Waals surface area contributed by atoms with Gasteiger partial charge in [-0.25, -0.2) is 0 Å². The van der Waals surface area contributed by atoms with Crippen LogP contribution >= 0.6 is 11.6 Å². The lowest BCUT2D eigenvalue weighted by atomic mass is 9.90. The van der Waals surface area contributed by atoms with Crippen LogP contribution in [0.4, 0.5) is 0 Å². The molecule has 0 amide bonds. The Balaban J connectivity index is 2.11. The van der Waals surface area contributed by atoms with E-state index in [0.29, 0.717) is 10.9 Å². The molecule has 1 aliphatic carbocycles. The molecule has 1 aromatic rings. The number of rotatable bonds is 2. The molecule has 0 aromatic carbocycles. The van der Waals surface area contributed by atoms with Gasteiger partial charge in [-0.05, 0) is 30.9 Å². The summed E-state index contributed by atoms with van der Waals surface area (Å²) in [5, 5.41) is 0.708. The van der Waals surface area contributed by atoms with Crippen LogP contribution in [-0.2, 0) is 0 Å². The molecule has 3 heteroatoms. The maximum atomic E-state index is 6.29. The normalized spacial score (nSPS) is 20.4. The summed E-state index contributed by atoms with van der Waals surface area (Å²) in [7, 11) is 0. The number of aromatic nitrogens is 1. The quantitative estimate of drug-likeness (QED) is 0.798. The van der Waals surface area contributed by atoms with Gasteiger partial charge in [-0.15, -0.1) is 0 Å². The van der Waals surface area contributed by atoms with Crippen molar-refractivity contribution < 1.29 is 0 Å². The minimum Gasteiger partial charge on any atom is -0.322 e. The fraction of sp³-hybridized carbons (Fsp3) is 0.615. The molecule has 1 fully saturated rings. The van der Waals surface area contributed by atoms with Crippen molar-refractivity contribution in [2.45, 2.75) is 44.6 Å². The summed E-state index contributed by atoms with van der Waals surface area (Å²) in [5.74, 6) is 0.551. The van der Waals surface area contributed by atoms with Crippen LogP contribution in [0.3, 0.4) is 0 Å². The third-order valence-corrected chi connectivity index (χ3v) is 3.83. The molecule has 0 aliphatic heterocycles. The smallest absolute Gasteiger partial charge is 0.0759 e. The predicted molar refractivity (Wildman–Crippen MR) is 67.4 cm³/mol. The van der Waals surface area contributed by atoms with Gasteiger partial charge in [-0.1, -0.05) is 37.3 Å². The maximum absolute atomic E-state index is 6.29. The van der Waals surface area contributed by atoms with Crippen molar-refractivity contribution in [3.8, 4) is 0 Å². The lowest BCUT2D eigenvalue weighted by Crippen LogP contribution is -2.22. The summed E-state index contributed by atoms with van der Waals surface area (Å²) in [6, 6.07) is 3.73. The van der Waals surface area contributed by atoms with Crippen LogP contribution in [0.2, 0.25) is 5.02 Å². The minimum absolute atomic E-state index is 0.00630. The second-order valence-electron chi connectivity index (χ2n) is 4.65. The summed E-state index contributed by atoms with van der Waals surface area (Å²) in [5.41, 5.74) is 7.16. The van der Waals surface area contributed by atoms with Crippen molar-refractivity contribution in [2.24, 2.45) is 11.7 Å². The monoisotopic (exact) mass is 238 g/mol. The molecular formula is C13H19ClN2. The molecule has 2 rings (SSSR count). The van der Waals surface area contributed by atoms with E-state index in [1.807, 2.05) is 12.1 Å². The molecule has 1 aliphatic rings. The van der Waals surface area contributed by atoms with E-state index in [1.54, 1.807) is 6.20 Å². The average Bonchev–Trinajstić information content (AvgIpc) is 2.57. The van der Waals surface area contributed by atoms with E-state index in [4.69, 9.17) is 17.3 Å². The Bertz CT molecular complexity index is 332. The second kappa shape index (κ2) is 5.65. The fourth-order valence-corrected chi connectivity index (χ4v) is 2.78. The Morgan fingerprint density at radius 1 is 1.25 bits per heavy atom. The van der Waals surface area contributed by atoms with Crippen molar-refractivity contribution >= 4 is 11.6 Å². The lowest BCUT2D eigenvalue weighted by molar-refractivity contribution is 0.377. The summed E-state index contributed by atoms with van der Waals surface area (Å²) >= 11 is 6.14. The van der Waals surface area contributed by atoms with Crippen LogP contribution in [0.5, 0.6) is 0 Å². The zero-order chi connectivity index (χ0) is 11.4. The van der Waals surface area contributed by atoms with Gasteiger partial charge in [0, 0.05) is 6.20 Å². The van der Waals surface area contributed by atoms with Crippen molar-refractivity contribution in [3.63, 3.8) is 0 Å². The topological polar surface area (TPSA) is 38.9 Å². The first-order valence-corrected chi connectivity index (χ1v) is 6.53. The molecule has 1 heterocycles. The Hall–Kier alpha value is -0.600. The first kappa shape index (κ1) is 11.9. The van der Waals surface area contributed by atoms with Gasteiger partial charge in [-0.3, -0.25) is 4.98 Å². The Morgan fingerprint density at radius 2 is 1.94 bits per heavy atom. The SMILES string of the molecule is NC(c1ncccc1Cl)C1CCCCCC1. The highest BCUT2D eigenvalue weighted by Crippen LogP contribution is 2.33. The van der Waals surface area contributed by atoms with Crippen molar-refractivity contribution in [1.29, 1.82) is 0 Å².